The largest absolute Gasteiger partial charge is 0.374 e. The van der Waals surface area contributed by atoms with Gasteiger partial charge in [0.1, 0.15) is 0 Å². The van der Waals surface area contributed by atoms with E-state index in [0.717, 1.165) is 0 Å². The van der Waals surface area contributed by atoms with Gasteiger partial charge in [-0.2, -0.15) is 0 Å². The van der Waals surface area contributed by atoms with Crippen LogP contribution in [0.4, 0.5) is 0 Å². The first-order valence-corrected chi connectivity index (χ1v) is 4.09. The summed E-state index contributed by atoms with van der Waals surface area (Å²) in [6, 6.07) is 4.34. The lowest BCUT2D eigenvalue weighted by molar-refractivity contribution is 0.227. The molecule has 1 aromatic rings. The fourth-order valence-electron chi connectivity index (χ4n) is 1.54. The summed E-state index contributed by atoms with van der Waals surface area (Å²) in [5.74, 6) is 0. The molecule has 12 heavy (non-hydrogen) atoms. The fraction of sp³-hybridized carbons (Fsp3) is 0.364. The van der Waals surface area contributed by atoms with Gasteiger partial charge in [-0.05, 0) is 37.5 Å². The lowest BCUT2D eigenvalue weighted by Crippen LogP contribution is -1.95. The van der Waals surface area contributed by atoms with Crippen LogP contribution in [0.25, 0.3) is 0 Å². The molecule has 0 aliphatic heterocycles. The van der Waals surface area contributed by atoms with Gasteiger partial charge in [0.15, 0.2) is 0 Å². The molecule has 0 unspecified atom stereocenters. The summed E-state index contributed by atoms with van der Waals surface area (Å²) in [5, 5.41) is 0. The van der Waals surface area contributed by atoms with Crippen LogP contribution < -0.4 is 0 Å². The number of ether oxygens (including phenoxy) is 1. The monoisotopic (exact) mass is 163 g/mol. The molecule has 0 heterocycles. The Hall–Kier alpha value is -0.820. The molecule has 0 spiro atoms. The van der Waals surface area contributed by atoms with Gasteiger partial charge in [0, 0.05) is 0 Å². The highest BCUT2D eigenvalue weighted by molar-refractivity contribution is 5.36. The molecule has 0 fully saturated rings. The van der Waals surface area contributed by atoms with E-state index in [1.54, 1.807) is 0 Å². The van der Waals surface area contributed by atoms with Crippen molar-refractivity contribution in [1.29, 1.82) is 0 Å². The minimum absolute atomic E-state index is 0.609. The topological polar surface area (TPSA) is 9.23 Å². The second-order valence-electron chi connectivity index (χ2n) is 3.23. The van der Waals surface area contributed by atoms with Crippen molar-refractivity contribution in [2.24, 2.45) is 0 Å². The van der Waals surface area contributed by atoms with Crippen LogP contribution >= 0.6 is 0 Å². The molecule has 0 amide bonds. The zero-order valence-corrected chi connectivity index (χ0v) is 7.98. The molecule has 0 aromatic heterocycles. The molecule has 0 N–H and O–H groups in total. The molecule has 1 heteroatoms. The maximum absolute atomic E-state index is 4.88. The summed E-state index contributed by atoms with van der Waals surface area (Å²) in [4.78, 5) is 0. The Morgan fingerprint density at radius 3 is 2.08 bits per heavy atom. The van der Waals surface area contributed by atoms with Crippen LogP contribution in [0.1, 0.15) is 22.3 Å². The third-order valence-electron chi connectivity index (χ3n) is 2.09. The third-order valence-corrected chi connectivity index (χ3v) is 2.09. The molecule has 1 rings (SSSR count). The first-order valence-electron chi connectivity index (χ1n) is 4.09. The number of aryl methyl sites for hydroxylation is 3. The highest BCUT2D eigenvalue weighted by Crippen LogP contribution is 2.16. The second-order valence-corrected chi connectivity index (χ2v) is 3.23. The predicted molar refractivity (Wildman–Crippen MR) is 50.8 cm³/mol. The minimum atomic E-state index is 0.609. The highest BCUT2D eigenvalue weighted by Gasteiger charge is 2.02. The fourth-order valence-corrected chi connectivity index (χ4v) is 1.54. The van der Waals surface area contributed by atoms with Gasteiger partial charge in [-0.3, -0.25) is 0 Å². The normalized spacial score (nSPS) is 10.3. The van der Waals surface area contributed by atoms with Crippen molar-refractivity contribution in [2.75, 3.05) is 0 Å². The van der Waals surface area contributed by atoms with E-state index in [-0.39, 0.29) is 0 Å². The zero-order valence-electron chi connectivity index (χ0n) is 7.98. The molecular weight excluding hydrogens is 148 g/mol. The zero-order chi connectivity index (χ0) is 9.14. The number of hydrogen-bond donors (Lipinski definition) is 0. The Morgan fingerprint density at radius 1 is 1.17 bits per heavy atom. The maximum Gasteiger partial charge on any atom is 0.0723 e. The molecular formula is C11H15O. The van der Waals surface area contributed by atoms with Crippen molar-refractivity contribution in [3.05, 3.63) is 41.5 Å². The molecule has 0 aliphatic carbocycles. The van der Waals surface area contributed by atoms with E-state index in [9.17, 15) is 0 Å². The Kier molecular flexibility index (Phi) is 2.88. The van der Waals surface area contributed by atoms with Gasteiger partial charge < -0.3 is 4.74 Å². The van der Waals surface area contributed by atoms with E-state index in [1.807, 2.05) is 0 Å². The molecule has 0 saturated heterocycles. The molecule has 1 nitrogen and oxygen atoms in total. The van der Waals surface area contributed by atoms with E-state index in [4.69, 9.17) is 4.74 Å². The number of rotatable bonds is 2. The van der Waals surface area contributed by atoms with E-state index >= 15 is 0 Å². The Morgan fingerprint density at radius 2 is 1.67 bits per heavy atom. The van der Waals surface area contributed by atoms with E-state index in [1.165, 1.54) is 22.3 Å². The van der Waals surface area contributed by atoms with Crippen LogP contribution in [-0.4, -0.2) is 0 Å². The van der Waals surface area contributed by atoms with Crippen LogP contribution in [-0.2, 0) is 11.3 Å². The maximum atomic E-state index is 4.88. The standard InChI is InChI=1S/C11H15O/c1-8-5-9(2)11(7-12-4)10(3)6-8/h5-6H,4,7H2,1-3H3. The van der Waals surface area contributed by atoms with Gasteiger partial charge in [0.25, 0.3) is 0 Å². The van der Waals surface area contributed by atoms with E-state index in [0.29, 0.717) is 6.61 Å². The minimum Gasteiger partial charge on any atom is -0.374 e. The first kappa shape index (κ1) is 9.27. The van der Waals surface area contributed by atoms with Gasteiger partial charge >= 0.3 is 0 Å². The van der Waals surface area contributed by atoms with Gasteiger partial charge in [-0.25, -0.2) is 0 Å². The van der Waals surface area contributed by atoms with E-state index < -0.39 is 0 Å². The summed E-state index contributed by atoms with van der Waals surface area (Å²) in [6.45, 7) is 6.93. The predicted octanol–water partition coefficient (Wildman–Crippen LogP) is 2.92. The van der Waals surface area contributed by atoms with Gasteiger partial charge in [-0.15, -0.1) is 0 Å². The average Bonchev–Trinajstić information content (AvgIpc) is 1.96. The molecule has 1 aromatic carbocycles. The second kappa shape index (κ2) is 3.72. The Bertz CT molecular complexity index is 253. The van der Waals surface area contributed by atoms with Crippen LogP contribution in [0.15, 0.2) is 12.1 Å². The number of benzene rings is 1. The van der Waals surface area contributed by atoms with Crippen LogP contribution in [0, 0.1) is 27.9 Å². The quantitative estimate of drug-likeness (QED) is 0.651. The molecule has 0 bridgehead atoms. The van der Waals surface area contributed by atoms with Crippen LogP contribution in [0.3, 0.4) is 0 Å². The summed E-state index contributed by atoms with van der Waals surface area (Å²) < 4.78 is 4.88. The molecule has 1 radical (unpaired) electrons. The SMILES string of the molecule is [CH2]OCc1c(C)cc(C)cc1C. The van der Waals surface area contributed by atoms with Gasteiger partial charge in [0.05, 0.1) is 13.7 Å². The van der Waals surface area contributed by atoms with Gasteiger partial charge in [-0.1, -0.05) is 17.7 Å². The lowest BCUT2D eigenvalue weighted by Gasteiger charge is -2.09. The first-order chi connectivity index (χ1) is 5.65. The van der Waals surface area contributed by atoms with Crippen molar-refractivity contribution in [2.45, 2.75) is 27.4 Å². The van der Waals surface area contributed by atoms with Crippen molar-refractivity contribution in [3.63, 3.8) is 0 Å². The van der Waals surface area contributed by atoms with Crippen molar-refractivity contribution in [1.82, 2.24) is 0 Å². The third kappa shape index (κ3) is 1.86. The van der Waals surface area contributed by atoms with Crippen LogP contribution in [0.5, 0.6) is 0 Å². The average molecular weight is 163 g/mol. The van der Waals surface area contributed by atoms with Gasteiger partial charge in [0.2, 0.25) is 0 Å². The number of hydrogen-bond acceptors (Lipinski definition) is 1. The summed E-state index contributed by atoms with van der Waals surface area (Å²) in [6.07, 6.45) is 0. The summed E-state index contributed by atoms with van der Waals surface area (Å²) in [5.41, 5.74) is 5.14. The lowest BCUT2D eigenvalue weighted by atomic mass is 10.0. The summed E-state index contributed by atoms with van der Waals surface area (Å²) >= 11 is 0. The molecule has 0 saturated carbocycles. The highest BCUT2D eigenvalue weighted by atomic mass is 16.5. The van der Waals surface area contributed by atoms with Crippen molar-refractivity contribution >= 4 is 0 Å². The smallest absolute Gasteiger partial charge is 0.0723 e. The molecule has 0 aliphatic rings. The van der Waals surface area contributed by atoms with E-state index in [2.05, 4.69) is 40.0 Å². The van der Waals surface area contributed by atoms with Crippen molar-refractivity contribution < 1.29 is 4.74 Å². The Balaban J connectivity index is 3.10. The Labute approximate surface area is 74.4 Å². The summed E-state index contributed by atoms with van der Waals surface area (Å²) in [7, 11) is 3.39. The van der Waals surface area contributed by atoms with Crippen LogP contribution in [0.2, 0.25) is 0 Å². The van der Waals surface area contributed by atoms with Crippen molar-refractivity contribution in [3.8, 4) is 0 Å². The molecule has 0 atom stereocenters. The molecule has 65 valence electrons.